The first kappa shape index (κ1) is 29.6. The van der Waals surface area contributed by atoms with Gasteiger partial charge in [0.1, 0.15) is 12.6 Å². The van der Waals surface area contributed by atoms with Gasteiger partial charge in [0.25, 0.3) is 5.91 Å². The molecule has 2 N–H and O–H groups in total. The van der Waals surface area contributed by atoms with Gasteiger partial charge in [-0.05, 0) is 45.4 Å². The second kappa shape index (κ2) is 13.5. The van der Waals surface area contributed by atoms with Gasteiger partial charge in [0.05, 0.1) is 0 Å². The highest BCUT2D eigenvalue weighted by molar-refractivity contribution is 5.85. The summed E-state index contributed by atoms with van der Waals surface area (Å²) in [4.78, 5) is 33.2. The number of rotatable bonds is 11. The van der Waals surface area contributed by atoms with Gasteiger partial charge in [-0.15, -0.1) is 6.58 Å². The number of hydrogen-bond donors (Lipinski definition) is 2. The van der Waals surface area contributed by atoms with E-state index in [9.17, 15) is 9.59 Å². The van der Waals surface area contributed by atoms with Crippen molar-refractivity contribution in [1.29, 1.82) is 0 Å². The number of carbonyl (C=O) groups is 2. The van der Waals surface area contributed by atoms with Crippen molar-refractivity contribution in [3.05, 3.63) is 180 Å². The van der Waals surface area contributed by atoms with Gasteiger partial charge in [-0.2, -0.15) is 0 Å². The number of fused-ring (bicyclic) bond motifs is 3. The summed E-state index contributed by atoms with van der Waals surface area (Å²) in [5.41, 5.74) is 8.49. The third-order valence-electron chi connectivity index (χ3n) is 8.20. The molecule has 0 bridgehead atoms. The van der Waals surface area contributed by atoms with Crippen molar-refractivity contribution in [3.63, 3.8) is 0 Å². The van der Waals surface area contributed by atoms with E-state index in [1.165, 1.54) is 0 Å². The van der Waals surface area contributed by atoms with Gasteiger partial charge in [-0.1, -0.05) is 146 Å². The molecule has 0 spiro atoms. The molecule has 0 fully saturated rings. The van der Waals surface area contributed by atoms with Gasteiger partial charge >= 0.3 is 6.09 Å². The predicted molar refractivity (Wildman–Crippen MR) is 175 cm³/mol. The monoisotopic (exact) mass is 594 g/mol. The maximum Gasteiger partial charge on any atom is 0.407 e. The Morgan fingerprint density at radius 1 is 0.689 bits per heavy atom. The molecule has 5 aromatic carbocycles. The van der Waals surface area contributed by atoms with Gasteiger partial charge in [0.2, 0.25) is 0 Å². The Balaban J connectivity index is 1.20. The maximum atomic E-state index is 13.6. The zero-order chi connectivity index (χ0) is 31.1. The fourth-order valence-electron chi connectivity index (χ4n) is 6.07. The van der Waals surface area contributed by atoms with Crippen molar-refractivity contribution in [2.45, 2.75) is 24.0 Å². The van der Waals surface area contributed by atoms with Gasteiger partial charge < -0.3 is 10.1 Å². The normalized spacial score (nSPS) is 12.8. The van der Waals surface area contributed by atoms with Crippen LogP contribution in [0.25, 0.3) is 11.1 Å². The van der Waals surface area contributed by atoms with E-state index in [0.717, 1.165) is 38.9 Å². The number of hydroxylamine groups is 1. The lowest BCUT2D eigenvalue weighted by Gasteiger charge is -2.35. The van der Waals surface area contributed by atoms with Gasteiger partial charge in [-0.3, -0.25) is 9.63 Å². The zero-order valence-electron chi connectivity index (χ0n) is 24.8. The van der Waals surface area contributed by atoms with Crippen LogP contribution < -0.4 is 10.8 Å². The summed E-state index contributed by atoms with van der Waals surface area (Å²) < 4.78 is 5.71. The summed E-state index contributed by atoms with van der Waals surface area (Å²) in [5, 5.41) is 2.72. The third kappa shape index (κ3) is 6.01. The minimum Gasteiger partial charge on any atom is -0.449 e. The molecule has 6 nitrogen and oxygen atoms in total. The van der Waals surface area contributed by atoms with Gasteiger partial charge in [-0.25, -0.2) is 10.3 Å². The lowest BCUT2D eigenvalue weighted by molar-refractivity contribution is -0.145. The Hall–Kier alpha value is -5.46. The van der Waals surface area contributed by atoms with Crippen molar-refractivity contribution >= 4 is 12.0 Å². The summed E-state index contributed by atoms with van der Waals surface area (Å²) in [7, 11) is 0. The molecule has 224 valence electrons. The number of ether oxygens (including phenoxy) is 1. The van der Waals surface area contributed by atoms with Crippen LogP contribution in [0.15, 0.2) is 152 Å². The second-order valence-electron chi connectivity index (χ2n) is 10.9. The van der Waals surface area contributed by atoms with E-state index >= 15 is 0 Å². The molecule has 0 saturated carbocycles. The van der Waals surface area contributed by atoms with Crippen molar-refractivity contribution in [2.75, 3.05) is 6.61 Å². The van der Waals surface area contributed by atoms with Gasteiger partial charge in [0.15, 0.2) is 5.60 Å². The topological polar surface area (TPSA) is 76.7 Å². The lowest BCUT2D eigenvalue weighted by Crippen LogP contribution is -2.49. The molecule has 0 radical (unpaired) electrons. The number of nitrogens with one attached hydrogen (secondary N) is 2. The minimum absolute atomic E-state index is 0.0959. The first-order valence-electron chi connectivity index (χ1n) is 15.0. The average Bonchev–Trinajstić information content (AvgIpc) is 3.42. The van der Waals surface area contributed by atoms with Crippen LogP contribution in [-0.4, -0.2) is 24.6 Å². The van der Waals surface area contributed by atoms with E-state index in [1.807, 2.05) is 115 Å². The zero-order valence-corrected chi connectivity index (χ0v) is 24.8. The summed E-state index contributed by atoms with van der Waals surface area (Å²) >= 11 is 0. The molecule has 0 unspecified atom stereocenters. The number of carbonyl (C=O) groups excluding carboxylic acids is 2. The molecule has 0 aromatic heterocycles. The molecule has 1 aliphatic rings. The lowest BCUT2D eigenvalue weighted by atomic mass is 9.80. The van der Waals surface area contributed by atoms with E-state index in [-0.39, 0.29) is 18.9 Å². The number of alkyl carbamates (subject to hydrolysis) is 1. The van der Waals surface area contributed by atoms with Crippen molar-refractivity contribution in [1.82, 2.24) is 10.8 Å². The van der Waals surface area contributed by atoms with Crippen molar-refractivity contribution in [3.8, 4) is 11.1 Å². The van der Waals surface area contributed by atoms with E-state index in [2.05, 4.69) is 41.6 Å². The molecule has 45 heavy (non-hydrogen) atoms. The van der Waals surface area contributed by atoms with Crippen molar-refractivity contribution in [2.24, 2.45) is 0 Å². The molecule has 6 heteroatoms. The Morgan fingerprint density at radius 3 is 1.60 bits per heavy atom. The molecule has 2 amide bonds. The Bertz CT molecular complexity index is 1630. The summed E-state index contributed by atoms with van der Waals surface area (Å²) in [6.45, 7) is 3.92. The molecule has 0 aliphatic heterocycles. The standard InChI is InChI=1S/C39H34N2O4/c1-2-16-36(40-38(43)44-27-35-33-25-14-12-23-31(33)32-24-13-15-26-34(32)35)37(42)41-45-39(28-17-6-3-7-18-28,29-19-8-4-9-20-29)30-21-10-5-11-22-30/h2-15,17-26,35-36H,1,16,27H2,(H,40,43)(H,41,42)/t36-/m0/s1. The predicted octanol–water partition coefficient (Wildman–Crippen LogP) is 7.51. The summed E-state index contributed by atoms with van der Waals surface area (Å²) in [6, 6.07) is 44.5. The quantitative estimate of drug-likeness (QED) is 0.0943. The van der Waals surface area contributed by atoms with Crippen LogP contribution in [-0.2, 0) is 20.0 Å². The van der Waals surface area contributed by atoms with E-state index in [1.54, 1.807) is 6.08 Å². The fraction of sp³-hybridized carbons (Fsp3) is 0.128. The second-order valence-corrected chi connectivity index (χ2v) is 10.9. The Labute approximate surface area is 263 Å². The largest absolute Gasteiger partial charge is 0.449 e. The molecular weight excluding hydrogens is 560 g/mol. The maximum absolute atomic E-state index is 13.6. The highest BCUT2D eigenvalue weighted by Crippen LogP contribution is 2.44. The third-order valence-corrected chi connectivity index (χ3v) is 8.20. The Kier molecular flexibility index (Phi) is 8.85. The van der Waals surface area contributed by atoms with Crippen molar-refractivity contribution < 1.29 is 19.2 Å². The number of benzene rings is 5. The molecule has 0 saturated heterocycles. The summed E-state index contributed by atoms with van der Waals surface area (Å²) in [6.07, 6.45) is 1.06. The highest BCUT2D eigenvalue weighted by atomic mass is 16.7. The van der Waals surface area contributed by atoms with Crippen LogP contribution in [0.2, 0.25) is 0 Å². The van der Waals surface area contributed by atoms with E-state index < -0.39 is 23.6 Å². The van der Waals surface area contributed by atoms with Crippen LogP contribution in [0, 0.1) is 0 Å². The number of amides is 2. The van der Waals surface area contributed by atoms with Crippen LogP contribution in [0.3, 0.4) is 0 Å². The van der Waals surface area contributed by atoms with Crippen LogP contribution in [0.1, 0.15) is 40.2 Å². The molecule has 0 heterocycles. The first-order chi connectivity index (χ1) is 22.1. The molecule has 1 aliphatic carbocycles. The van der Waals surface area contributed by atoms with E-state index in [4.69, 9.17) is 9.57 Å². The molecule has 5 aromatic rings. The minimum atomic E-state index is -1.16. The highest BCUT2D eigenvalue weighted by Gasteiger charge is 2.39. The van der Waals surface area contributed by atoms with E-state index in [0.29, 0.717) is 0 Å². The number of hydrogen-bond acceptors (Lipinski definition) is 4. The van der Waals surface area contributed by atoms with Gasteiger partial charge in [0, 0.05) is 5.92 Å². The SMILES string of the molecule is C=CC[C@H](NC(=O)OCC1c2ccccc2-c2ccccc21)C(=O)NOC(c1ccccc1)(c1ccccc1)c1ccccc1. The Morgan fingerprint density at radius 2 is 1.13 bits per heavy atom. The van der Waals surface area contributed by atoms with Crippen LogP contribution in [0.5, 0.6) is 0 Å². The average molecular weight is 595 g/mol. The summed E-state index contributed by atoms with van der Waals surface area (Å²) in [5.74, 6) is -0.628. The molecular formula is C39H34N2O4. The first-order valence-corrected chi connectivity index (χ1v) is 15.0. The smallest absolute Gasteiger partial charge is 0.407 e. The van der Waals surface area contributed by atoms with Crippen LogP contribution >= 0.6 is 0 Å². The fourth-order valence-corrected chi connectivity index (χ4v) is 6.07. The van der Waals surface area contributed by atoms with Crippen LogP contribution in [0.4, 0.5) is 4.79 Å². The molecule has 1 atom stereocenters. The molecule has 6 rings (SSSR count).